The normalized spacial score (nSPS) is 11.8. The van der Waals surface area contributed by atoms with Crippen LogP contribution in [0.3, 0.4) is 0 Å². The highest BCUT2D eigenvalue weighted by Gasteiger charge is 2.24. The predicted molar refractivity (Wildman–Crippen MR) is 143 cm³/mol. The summed E-state index contributed by atoms with van der Waals surface area (Å²) in [7, 11) is 0. The van der Waals surface area contributed by atoms with Crippen molar-refractivity contribution >= 4 is 17.7 Å². The van der Waals surface area contributed by atoms with Crippen molar-refractivity contribution in [2.75, 3.05) is 0 Å². The largest absolute Gasteiger partial charge is 0.344 e. The van der Waals surface area contributed by atoms with Gasteiger partial charge < -0.3 is 5.32 Å². The molecule has 5 aromatic rings. The van der Waals surface area contributed by atoms with Gasteiger partial charge in [-0.05, 0) is 42.3 Å². The molecule has 1 atom stereocenters. The highest BCUT2D eigenvalue weighted by Crippen LogP contribution is 2.31. The van der Waals surface area contributed by atoms with Crippen LogP contribution in [0.4, 0.5) is 0 Å². The Morgan fingerprint density at radius 2 is 1.33 bits per heavy atom. The maximum absolute atomic E-state index is 13.4. The minimum Gasteiger partial charge on any atom is -0.344 e. The lowest BCUT2D eigenvalue weighted by molar-refractivity contribution is -0.120. The number of rotatable bonds is 8. The van der Waals surface area contributed by atoms with E-state index in [1.54, 1.807) is 12.4 Å². The van der Waals surface area contributed by atoms with Gasteiger partial charge in [-0.15, -0.1) is 10.2 Å². The number of benzene rings is 3. The quantitative estimate of drug-likeness (QED) is 0.281. The van der Waals surface area contributed by atoms with Crippen LogP contribution >= 0.6 is 11.8 Å². The van der Waals surface area contributed by atoms with Gasteiger partial charge in [-0.2, -0.15) is 0 Å². The molecule has 0 spiro atoms. The number of para-hydroxylation sites is 1. The first kappa shape index (κ1) is 23.5. The fourth-order valence-electron chi connectivity index (χ4n) is 3.97. The van der Waals surface area contributed by atoms with Crippen molar-refractivity contribution in [1.82, 2.24) is 25.1 Å². The van der Waals surface area contributed by atoms with Crippen LogP contribution in [0, 0.1) is 0 Å². The van der Waals surface area contributed by atoms with Crippen molar-refractivity contribution in [3.8, 4) is 17.1 Å². The molecule has 0 radical (unpaired) electrons. The highest BCUT2D eigenvalue weighted by atomic mass is 32.2. The van der Waals surface area contributed by atoms with E-state index in [1.165, 1.54) is 11.8 Å². The molecule has 3 aromatic carbocycles. The second-order valence-electron chi connectivity index (χ2n) is 8.24. The Labute approximate surface area is 214 Å². The Balaban J connectivity index is 1.42. The van der Waals surface area contributed by atoms with Gasteiger partial charge in [0.2, 0.25) is 5.91 Å². The van der Waals surface area contributed by atoms with Crippen molar-refractivity contribution in [3.63, 3.8) is 0 Å². The summed E-state index contributed by atoms with van der Waals surface area (Å²) < 4.78 is 1.98. The molecule has 0 fully saturated rings. The third kappa shape index (κ3) is 5.21. The van der Waals surface area contributed by atoms with Crippen molar-refractivity contribution in [2.24, 2.45) is 0 Å². The van der Waals surface area contributed by atoms with E-state index in [2.05, 4.69) is 20.5 Å². The Bertz CT molecular complexity index is 1370. The number of nitrogens with zero attached hydrogens (tertiary/aromatic N) is 4. The van der Waals surface area contributed by atoms with E-state index in [0.717, 1.165) is 22.4 Å². The van der Waals surface area contributed by atoms with Gasteiger partial charge in [0, 0.05) is 23.6 Å². The molecule has 0 aliphatic rings. The van der Waals surface area contributed by atoms with Crippen LogP contribution in [-0.2, 0) is 4.79 Å². The first-order valence-corrected chi connectivity index (χ1v) is 12.6. The number of hydrogen-bond donors (Lipinski definition) is 1. The maximum atomic E-state index is 13.4. The lowest BCUT2D eigenvalue weighted by atomic mass is 9.98. The minimum atomic E-state index is -0.406. The summed E-state index contributed by atoms with van der Waals surface area (Å²) in [5.41, 5.74) is 3.89. The number of amides is 1. The summed E-state index contributed by atoms with van der Waals surface area (Å²) in [6.07, 6.45) is 3.46. The summed E-state index contributed by atoms with van der Waals surface area (Å²) in [6.45, 7) is 1.89. The maximum Gasteiger partial charge on any atom is 0.234 e. The van der Waals surface area contributed by atoms with Crippen molar-refractivity contribution in [1.29, 1.82) is 0 Å². The molecule has 2 heterocycles. The van der Waals surface area contributed by atoms with E-state index in [9.17, 15) is 4.79 Å². The topological polar surface area (TPSA) is 72.7 Å². The van der Waals surface area contributed by atoms with Crippen LogP contribution in [-0.4, -0.2) is 30.9 Å². The average molecular weight is 492 g/mol. The van der Waals surface area contributed by atoms with E-state index in [4.69, 9.17) is 0 Å². The molecule has 0 aliphatic heterocycles. The van der Waals surface area contributed by atoms with E-state index in [1.807, 2.05) is 115 Å². The van der Waals surface area contributed by atoms with Crippen LogP contribution in [0.1, 0.15) is 24.1 Å². The molecular formula is C29H25N5OS. The van der Waals surface area contributed by atoms with E-state index >= 15 is 0 Å². The van der Waals surface area contributed by atoms with Gasteiger partial charge in [-0.3, -0.25) is 14.3 Å². The van der Waals surface area contributed by atoms with E-state index in [-0.39, 0.29) is 11.9 Å². The SMILES string of the molecule is CC(Sc1nnc(-c2ccncc2)n1-c1ccccc1)C(=O)NC(c1ccccc1)c1ccccc1. The van der Waals surface area contributed by atoms with Crippen molar-refractivity contribution < 1.29 is 4.79 Å². The molecule has 0 aliphatic carbocycles. The lowest BCUT2D eigenvalue weighted by Crippen LogP contribution is -2.35. The minimum absolute atomic E-state index is 0.0780. The fraction of sp³-hybridized carbons (Fsp3) is 0.103. The molecule has 36 heavy (non-hydrogen) atoms. The zero-order chi connectivity index (χ0) is 24.7. The second-order valence-corrected chi connectivity index (χ2v) is 9.54. The van der Waals surface area contributed by atoms with Crippen LogP contribution in [0.5, 0.6) is 0 Å². The van der Waals surface area contributed by atoms with Gasteiger partial charge in [0.05, 0.1) is 11.3 Å². The molecule has 7 heteroatoms. The summed E-state index contributed by atoms with van der Waals surface area (Å²) in [5.74, 6) is 0.621. The van der Waals surface area contributed by atoms with Crippen molar-refractivity contribution in [2.45, 2.75) is 23.4 Å². The Morgan fingerprint density at radius 3 is 1.92 bits per heavy atom. The lowest BCUT2D eigenvalue weighted by Gasteiger charge is -2.22. The smallest absolute Gasteiger partial charge is 0.234 e. The fourth-order valence-corrected chi connectivity index (χ4v) is 4.84. The summed E-state index contributed by atoms with van der Waals surface area (Å²) >= 11 is 1.38. The first-order chi connectivity index (χ1) is 17.7. The Morgan fingerprint density at radius 1 is 0.778 bits per heavy atom. The monoisotopic (exact) mass is 491 g/mol. The van der Waals surface area contributed by atoms with Crippen LogP contribution in [0.15, 0.2) is 121 Å². The average Bonchev–Trinajstić information content (AvgIpc) is 3.37. The predicted octanol–water partition coefficient (Wildman–Crippen LogP) is 5.72. The van der Waals surface area contributed by atoms with Gasteiger partial charge >= 0.3 is 0 Å². The zero-order valence-electron chi connectivity index (χ0n) is 19.7. The Hall–Kier alpha value is -4.23. The summed E-state index contributed by atoms with van der Waals surface area (Å²) in [4.78, 5) is 17.5. The van der Waals surface area contributed by atoms with Crippen LogP contribution < -0.4 is 5.32 Å². The number of hydrogen-bond acceptors (Lipinski definition) is 5. The number of nitrogens with one attached hydrogen (secondary N) is 1. The zero-order valence-corrected chi connectivity index (χ0v) is 20.5. The van der Waals surface area contributed by atoms with Gasteiger partial charge in [0.25, 0.3) is 0 Å². The number of carbonyl (C=O) groups excluding carboxylic acids is 1. The number of aromatic nitrogens is 4. The highest BCUT2D eigenvalue weighted by molar-refractivity contribution is 8.00. The van der Waals surface area contributed by atoms with Gasteiger partial charge in [-0.1, -0.05) is 90.6 Å². The second kappa shape index (κ2) is 11.0. The number of carbonyl (C=O) groups is 1. The van der Waals surface area contributed by atoms with Gasteiger partial charge in [0.1, 0.15) is 0 Å². The van der Waals surface area contributed by atoms with Crippen molar-refractivity contribution in [3.05, 3.63) is 127 Å². The summed E-state index contributed by atoms with van der Waals surface area (Å²) in [6, 6.07) is 33.5. The molecule has 1 amide bonds. The molecule has 0 saturated heterocycles. The molecular weight excluding hydrogens is 466 g/mol. The third-order valence-electron chi connectivity index (χ3n) is 5.79. The molecule has 2 aromatic heterocycles. The standard InChI is InChI=1S/C29H25N5OS/c1-21(28(35)31-26(22-11-5-2-6-12-22)23-13-7-3-8-14-23)36-29-33-32-27(24-17-19-30-20-18-24)34(29)25-15-9-4-10-16-25/h2-21,26H,1H3,(H,31,35). The third-order valence-corrected chi connectivity index (χ3v) is 6.83. The van der Waals surface area contributed by atoms with Crippen LogP contribution in [0.25, 0.3) is 17.1 Å². The molecule has 1 N–H and O–H groups in total. The Kier molecular flexibility index (Phi) is 7.19. The number of thioether (sulfide) groups is 1. The molecule has 6 nitrogen and oxygen atoms in total. The van der Waals surface area contributed by atoms with E-state index < -0.39 is 5.25 Å². The molecule has 0 bridgehead atoms. The molecule has 178 valence electrons. The van der Waals surface area contributed by atoms with E-state index in [0.29, 0.717) is 11.0 Å². The first-order valence-electron chi connectivity index (χ1n) is 11.7. The van der Waals surface area contributed by atoms with Gasteiger partial charge in [0.15, 0.2) is 11.0 Å². The summed E-state index contributed by atoms with van der Waals surface area (Å²) in [5, 5.41) is 12.4. The molecule has 1 unspecified atom stereocenters. The molecule has 5 rings (SSSR count). The van der Waals surface area contributed by atoms with Gasteiger partial charge in [-0.25, -0.2) is 0 Å². The number of pyridine rings is 1. The molecule has 0 saturated carbocycles. The van der Waals surface area contributed by atoms with Crippen LogP contribution in [0.2, 0.25) is 0 Å².